The number of hydrogen-bond acceptors (Lipinski definition) is 4. The van der Waals surface area contributed by atoms with E-state index in [4.69, 9.17) is 4.74 Å². The van der Waals surface area contributed by atoms with Crippen LogP contribution in [0.1, 0.15) is 48.5 Å². The van der Waals surface area contributed by atoms with Crippen molar-refractivity contribution in [3.05, 3.63) is 0 Å². The van der Waals surface area contributed by atoms with Gasteiger partial charge in [-0.1, -0.05) is 20.8 Å². The molecule has 3 atom stereocenters. The van der Waals surface area contributed by atoms with Crippen LogP contribution in [0, 0.1) is 17.3 Å². The van der Waals surface area contributed by atoms with Crippen molar-refractivity contribution in [2.24, 2.45) is 17.3 Å². The Hall–Kier alpha value is -1.79. The lowest BCUT2D eigenvalue weighted by Gasteiger charge is -2.42. The van der Waals surface area contributed by atoms with E-state index in [1.165, 1.54) is 0 Å². The summed E-state index contributed by atoms with van der Waals surface area (Å²) in [7, 11) is 0. The highest BCUT2D eigenvalue weighted by molar-refractivity contribution is 6.02. The molecule has 0 unspecified atom stereocenters. The average molecular weight is 367 g/mol. The van der Waals surface area contributed by atoms with Gasteiger partial charge in [0.05, 0.1) is 0 Å². The molecule has 2 saturated heterocycles. The largest absolute Gasteiger partial charge is 0.444 e. The van der Waals surface area contributed by atoms with Crippen molar-refractivity contribution in [3.63, 3.8) is 0 Å². The molecule has 2 fully saturated rings. The summed E-state index contributed by atoms with van der Waals surface area (Å²) in [6, 6.07) is -0.155. The molecule has 2 heterocycles. The van der Waals surface area contributed by atoms with Gasteiger partial charge in [-0.05, 0) is 33.1 Å². The van der Waals surface area contributed by atoms with Crippen LogP contribution in [0.25, 0.3) is 0 Å². The van der Waals surface area contributed by atoms with E-state index in [2.05, 4.69) is 26.1 Å². The Morgan fingerprint density at radius 3 is 2.23 bits per heavy atom. The Kier molecular flexibility index (Phi) is 5.59. The topological polar surface area (TPSA) is 79.0 Å². The molecule has 2 aliphatic rings. The number of hydrogen-bond donors (Lipinski definition) is 1. The van der Waals surface area contributed by atoms with Crippen molar-refractivity contribution >= 4 is 17.9 Å². The highest BCUT2D eigenvalue weighted by Crippen LogP contribution is 2.36. The third-order valence-corrected chi connectivity index (χ3v) is 5.12. The van der Waals surface area contributed by atoms with Crippen molar-refractivity contribution < 1.29 is 19.1 Å². The second-order valence-electron chi connectivity index (χ2n) is 9.50. The van der Waals surface area contributed by atoms with E-state index in [1.54, 1.807) is 9.80 Å². The predicted molar refractivity (Wildman–Crippen MR) is 98.4 cm³/mol. The summed E-state index contributed by atoms with van der Waals surface area (Å²) >= 11 is 0. The molecule has 3 amide bonds. The zero-order chi connectivity index (χ0) is 19.9. The molecule has 1 N–H and O–H groups in total. The molecule has 2 aliphatic heterocycles. The summed E-state index contributed by atoms with van der Waals surface area (Å²) in [4.78, 5) is 41.1. The lowest BCUT2D eigenvalue weighted by atomic mass is 9.74. The quantitative estimate of drug-likeness (QED) is 0.718. The van der Waals surface area contributed by atoms with Gasteiger partial charge in [-0.15, -0.1) is 0 Å². The first kappa shape index (κ1) is 20.5. The van der Waals surface area contributed by atoms with E-state index >= 15 is 0 Å². The second-order valence-corrected chi connectivity index (χ2v) is 9.50. The fraction of sp³-hybridized carbons (Fsp3) is 0.842. The Bertz CT molecular complexity index is 576. The van der Waals surface area contributed by atoms with E-state index in [9.17, 15) is 14.4 Å². The number of rotatable bonds is 1. The van der Waals surface area contributed by atoms with Crippen molar-refractivity contribution in [2.45, 2.75) is 60.1 Å². The number of carbonyl (C=O) groups is 3. The van der Waals surface area contributed by atoms with Gasteiger partial charge in [-0.25, -0.2) is 4.79 Å². The zero-order valence-electron chi connectivity index (χ0n) is 17.1. The molecule has 2 rings (SSSR count). The van der Waals surface area contributed by atoms with Crippen LogP contribution in [0.3, 0.4) is 0 Å². The van der Waals surface area contributed by atoms with E-state index in [0.29, 0.717) is 26.2 Å². The van der Waals surface area contributed by atoms with Gasteiger partial charge in [0.2, 0.25) is 11.8 Å². The summed E-state index contributed by atoms with van der Waals surface area (Å²) < 4.78 is 5.42. The Balaban J connectivity index is 2.06. The molecule has 0 aromatic rings. The minimum atomic E-state index is -0.648. The van der Waals surface area contributed by atoms with Crippen LogP contribution >= 0.6 is 0 Å². The number of amides is 3. The fourth-order valence-electron chi connectivity index (χ4n) is 3.67. The maximum absolute atomic E-state index is 13.1. The van der Waals surface area contributed by atoms with Crippen LogP contribution < -0.4 is 5.32 Å². The van der Waals surface area contributed by atoms with Crippen LogP contribution in [0.4, 0.5) is 4.79 Å². The summed E-state index contributed by atoms with van der Waals surface area (Å²) in [6.07, 6.45) is -0.359. The third-order valence-electron chi connectivity index (χ3n) is 5.12. The van der Waals surface area contributed by atoms with Crippen molar-refractivity contribution in [1.82, 2.24) is 15.1 Å². The van der Waals surface area contributed by atoms with Crippen LogP contribution in [0.2, 0.25) is 0 Å². The van der Waals surface area contributed by atoms with Gasteiger partial charge >= 0.3 is 6.09 Å². The van der Waals surface area contributed by atoms with Gasteiger partial charge in [0.1, 0.15) is 11.5 Å². The molecular formula is C19H33N3O4. The monoisotopic (exact) mass is 367 g/mol. The number of piperazine rings is 1. The molecule has 0 aliphatic carbocycles. The molecule has 148 valence electrons. The van der Waals surface area contributed by atoms with E-state index in [-0.39, 0.29) is 35.3 Å². The summed E-state index contributed by atoms with van der Waals surface area (Å²) in [5, 5.41) is 2.84. The number of nitrogens with one attached hydrogen (secondary N) is 1. The van der Waals surface area contributed by atoms with Gasteiger partial charge in [0.15, 0.2) is 0 Å². The third kappa shape index (κ3) is 4.48. The normalized spacial score (nSPS) is 27.3. The van der Waals surface area contributed by atoms with Gasteiger partial charge in [-0.2, -0.15) is 0 Å². The molecule has 0 saturated carbocycles. The van der Waals surface area contributed by atoms with Crippen molar-refractivity contribution in [2.75, 3.05) is 26.2 Å². The lowest BCUT2D eigenvalue weighted by molar-refractivity contribution is -0.146. The zero-order valence-corrected chi connectivity index (χ0v) is 17.1. The second kappa shape index (κ2) is 7.08. The first-order valence-corrected chi connectivity index (χ1v) is 9.37. The van der Waals surface area contributed by atoms with Crippen molar-refractivity contribution in [3.8, 4) is 0 Å². The Morgan fingerprint density at radius 1 is 1.12 bits per heavy atom. The SMILES string of the molecule is C[C@@H]1CN(C(=O)OC(C)(C)C)CCN1C(=O)[C@H]1C(=O)NC[C@@H]1C(C)(C)C. The van der Waals surface area contributed by atoms with E-state index < -0.39 is 11.5 Å². The highest BCUT2D eigenvalue weighted by Gasteiger charge is 2.48. The predicted octanol–water partition coefficient (Wildman–Crippen LogP) is 1.86. The van der Waals surface area contributed by atoms with Gasteiger partial charge in [-0.3, -0.25) is 9.59 Å². The fourth-order valence-corrected chi connectivity index (χ4v) is 3.67. The first-order chi connectivity index (χ1) is 11.8. The van der Waals surface area contributed by atoms with E-state index in [1.807, 2.05) is 27.7 Å². The van der Waals surface area contributed by atoms with Gasteiger partial charge in [0, 0.05) is 38.1 Å². The molecule has 26 heavy (non-hydrogen) atoms. The number of nitrogens with zero attached hydrogens (tertiary/aromatic N) is 2. The summed E-state index contributed by atoms with van der Waals surface area (Å²) in [6.45, 7) is 15.4. The maximum atomic E-state index is 13.1. The van der Waals surface area contributed by atoms with Crippen LogP contribution in [0.15, 0.2) is 0 Å². The van der Waals surface area contributed by atoms with Crippen LogP contribution in [-0.4, -0.2) is 65.5 Å². The lowest BCUT2D eigenvalue weighted by Crippen LogP contribution is -2.58. The van der Waals surface area contributed by atoms with E-state index in [0.717, 1.165) is 0 Å². The molecule has 0 radical (unpaired) electrons. The Labute approximate surface area is 156 Å². The molecule has 0 spiro atoms. The molecule has 0 aromatic carbocycles. The maximum Gasteiger partial charge on any atom is 0.410 e. The van der Waals surface area contributed by atoms with Crippen LogP contribution in [0.5, 0.6) is 0 Å². The molecule has 7 heteroatoms. The Morgan fingerprint density at radius 2 is 1.73 bits per heavy atom. The van der Waals surface area contributed by atoms with Crippen LogP contribution in [-0.2, 0) is 14.3 Å². The molecular weight excluding hydrogens is 334 g/mol. The van der Waals surface area contributed by atoms with Gasteiger partial charge in [0.25, 0.3) is 0 Å². The average Bonchev–Trinajstić information content (AvgIpc) is 2.86. The molecule has 0 bridgehead atoms. The summed E-state index contributed by atoms with van der Waals surface area (Å²) in [5.74, 6) is -0.989. The molecule has 7 nitrogen and oxygen atoms in total. The number of carbonyl (C=O) groups excluding carboxylic acids is 3. The first-order valence-electron chi connectivity index (χ1n) is 9.37. The highest BCUT2D eigenvalue weighted by atomic mass is 16.6. The molecule has 0 aromatic heterocycles. The standard InChI is InChI=1S/C19H33N3O4/c1-12-11-21(17(25)26-19(5,6)7)8-9-22(12)16(24)14-13(18(2,3)4)10-20-15(14)23/h12-14H,8-11H2,1-7H3,(H,20,23)/t12-,13+,14-/m1/s1. The number of ether oxygens (including phenoxy) is 1. The smallest absolute Gasteiger partial charge is 0.410 e. The minimum absolute atomic E-state index is 0.0291. The van der Waals surface area contributed by atoms with Gasteiger partial charge < -0.3 is 19.9 Å². The summed E-state index contributed by atoms with van der Waals surface area (Å²) in [5.41, 5.74) is -0.684. The minimum Gasteiger partial charge on any atom is -0.444 e. The van der Waals surface area contributed by atoms with Crippen molar-refractivity contribution in [1.29, 1.82) is 0 Å².